The van der Waals surface area contributed by atoms with E-state index in [2.05, 4.69) is 15.9 Å². The van der Waals surface area contributed by atoms with Gasteiger partial charge in [-0.15, -0.1) is 0 Å². The molecule has 1 aromatic carbocycles. The summed E-state index contributed by atoms with van der Waals surface area (Å²) < 4.78 is 0. The Balaban J connectivity index is 2.79. The van der Waals surface area contributed by atoms with Crippen LogP contribution in [0.2, 0.25) is 0 Å². The molecule has 0 aliphatic carbocycles. The van der Waals surface area contributed by atoms with Crippen LogP contribution in [-0.4, -0.2) is 10.4 Å². The normalized spacial score (nSPS) is 10.6. The molecule has 0 aliphatic rings. The average Bonchev–Trinajstić information content (AvgIpc) is 2.01. The number of phenolic OH excluding ortho intramolecular Hbond substituents is 1. The third-order valence-electron chi connectivity index (χ3n) is 1.27. The lowest BCUT2D eigenvalue weighted by molar-refractivity contribution is 0.475. The number of rotatable bonds is 2. The van der Waals surface area contributed by atoms with Crippen LogP contribution >= 0.6 is 15.9 Å². The minimum atomic E-state index is 0.307. The molecule has 0 heterocycles. The van der Waals surface area contributed by atoms with E-state index in [1.54, 1.807) is 12.1 Å². The van der Waals surface area contributed by atoms with Crippen molar-refractivity contribution in [2.24, 2.45) is 0 Å². The summed E-state index contributed by atoms with van der Waals surface area (Å²) in [4.78, 5) is 0. The molecule has 0 amide bonds. The molecular weight excluding hydrogens is 204 g/mol. The first-order valence-corrected chi connectivity index (χ1v) is 4.46. The Bertz CT molecular complexity index is 255. The minimum Gasteiger partial charge on any atom is -0.508 e. The van der Waals surface area contributed by atoms with Crippen molar-refractivity contribution in [3.05, 3.63) is 35.9 Å². The molecule has 0 fully saturated rings. The summed E-state index contributed by atoms with van der Waals surface area (Å²) in [5.74, 6) is 0.307. The van der Waals surface area contributed by atoms with Crippen molar-refractivity contribution in [2.45, 2.75) is 0 Å². The molecular formula is C9H9BrO. The summed E-state index contributed by atoms with van der Waals surface area (Å²) in [6.45, 7) is 0. The predicted octanol–water partition coefficient (Wildman–Crippen LogP) is 2.80. The van der Waals surface area contributed by atoms with Crippen LogP contribution < -0.4 is 0 Å². The second-order valence-corrected chi connectivity index (χ2v) is 2.80. The SMILES string of the molecule is Oc1cccc(/C=C/CBr)c1. The van der Waals surface area contributed by atoms with Gasteiger partial charge in [0, 0.05) is 5.33 Å². The van der Waals surface area contributed by atoms with Crippen molar-refractivity contribution < 1.29 is 5.11 Å². The molecule has 0 saturated heterocycles. The number of hydrogen-bond donors (Lipinski definition) is 1. The summed E-state index contributed by atoms with van der Waals surface area (Å²) in [5, 5.41) is 9.90. The van der Waals surface area contributed by atoms with Gasteiger partial charge in [0.05, 0.1) is 0 Å². The summed E-state index contributed by atoms with van der Waals surface area (Å²) in [6, 6.07) is 7.15. The van der Waals surface area contributed by atoms with E-state index < -0.39 is 0 Å². The van der Waals surface area contributed by atoms with Crippen molar-refractivity contribution in [3.63, 3.8) is 0 Å². The molecule has 0 aliphatic heterocycles. The lowest BCUT2D eigenvalue weighted by Gasteiger charge is -1.92. The molecule has 1 nitrogen and oxygen atoms in total. The lowest BCUT2D eigenvalue weighted by Crippen LogP contribution is -1.70. The van der Waals surface area contributed by atoms with E-state index in [4.69, 9.17) is 5.11 Å². The standard InChI is InChI=1S/C9H9BrO/c10-6-2-4-8-3-1-5-9(11)7-8/h1-5,7,11H,6H2/b4-2+. The maximum absolute atomic E-state index is 9.07. The van der Waals surface area contributed by atoms with Gasteiger partial charge in [-0.2, -0.15) is 0 Å². The summed E-state index contributed by atoms with van der Waals surface area (Å²) in [6.07, 6.45) is 3.93. The van der Waals surface area contributed by atoms with Crippen molar-refractivity contribution in [1.29, 1.82) is 0 Å². The van der Waals surface area contributed by atoms with Gasteiger partial charge in [0.25, 0.3) is 0 Å². The highest BCUT2D eigenvalue weighted by atomic mass is 79.9. The first-order chi connectivity index (χ1) is 5.33. The molecule has 1 rings (SSSR count). The van der Waals surface area contributed by atoms with Crippen LogP contribution in [0.3, 0.4) is 0 Å². The lowest BCUT2D eigenvalue weighted by atomic mass is 10.2. The van der Waals surface area contributed by atoms with E-state index in [1.165, 1.54) is 0 Å². The van der Waals surface area contributed by atoms with Gasteiger partial charge in [-0.1, -0.05) is 40.2 Å². The molecule has 0 aromatic heterocycles. The Morgan fingerprint density at radius 3 is 2.91 bits per heavy atom. The molecule has 0 bridgehead atoms. The number of phenols is 1. The quantitative estimate of drug-likeness (QED) is 0.749. The van der Waals surface area contributed by atoms with Gasteiger partial charge in [0.2, 0.25) is 0 Å². The molecule has 1 aromatic rings. The largest absolute Gasteiger partial charge is 0.508 e. The molecule has 58 valence electrons. The van der Waals surface area contributed by atoms with Crippen LogP contribution in [0.5, 0.6) is 5.75 Å². The molecule has 11 heavy (non-hydrogen) atoms. The first kappa shape index (κ1) is 8.34. The topological polar surface area (TPSA) is 20.2 Å². The molecule has 0 radical (unpaired) electrons. The zero-order chi connectivity index (χ0) is 8.10. The fraction of sp³-hybridized carbons (Fsp3) is 0.111. The predicted molar refractivity (Wildman–Crippen MR) is 50.9 cm³/mol. The van der Waals surface area contributed by atoms with Crippen molar-refractivity contribution in [2.75, 3.05) is 5.33 Å². The Labute approximate surface area is 74.5 Å². The Kier molecular flexibility index (Phi) is 3.17. The fourth-order valence-corrected chi connectivity index (χ4v) is 0.996. The van der Waals surface area contributed by atoms with Crippen molar-refractivity contribution in [3.8, 4) is 5.75 Å². The second-order valence-electron chi connectivity index (χ2n) is 2.15. The molecule has 2 heteroatoms. The van der Waals surface area contributed by atoms with E-state index in [0.717, 1.165) is 10.9 Å². The minimum absolute atomic E-state index is 0.307. The van der Waals surface area contributed by atoms with Gasteiger partial charge in [0.15, 0.2) is 0 Å². The van der Waals surface area contributed by atoms with Gasteiger partial charge in [0.1, 0.15) is 5.75 Å². The summed E-state index contributed by atoms with van der Waals surface area (Å²) in [5.41, 5.74) is 1.02. The van der Waals surface area contributed by atoms with Gasteiger partial charge in [-0.25, -0.2) is 0 Å². The number of halogens is 1. The highest BCUT2D eigenvalue weighted by Gasteiger charge is 1.87. The maximum Gasteiger partial charge on any atom is 0.116 e. The number of allylic oxidation sites excluding steroid dienone is 1. The van der Waals surface area contributed by atoms with Gasteiger partial charge >= 0.3 is 0 Å². The van der Waals surface area contributed by atoms with E-state index in [-0.39, 0.29) is 0 Å². The molecule has 0 unspecified atom stereocenters. The van der Waals surface area contributed by atoms with E-state index in [9.17, 15) is 0 Å². The Morgan fingerprint density at radius 2 is 2.27 bits per heavy atom. The molecule has 0 atom stereocenters. The van der Waals surface area contributed by atoms with E-state index >= 15 is 0 Å². The number of alkyl halides is 1. The Morgan fingerprint density at radius 1 is 1.45 bits per heavy atom. The zero-order valence-corrected chi connectivity index (χ0v) is 7.58. The highest BCUT2D eigenvalue weighted by Crippen LogP contribution is 2.11. The highest BCUT2D eigenvalue weighted by molar-refractivity contribution is 9.09. The zero-order valence-electron chi connectivity index (χ0n) is 6.00. The van der Waals surface area contributed by atoms with Gasteiger partial charge in [-0.05, 0) is 17.7 Å². The maximum atomic E-state index is 9.07. The van der Waals surface area contributed by atoms with Crippen molar-refractivity contribution in [1.82, 2.24) is 0 Å². The van der Waals surface area contributed by atoms with Crippen LogP contribution in [0.1, 0.15) is 5.56 Å². The van der Waals surface area contributed by atoms with E-state index in [1.807, 2.05) is 24.3 Å². The Hall–Kier alpha value is -0.760. The smallest absolute Gasteiger partial charge is 0.116 e. The van der Waals surface area contributed by atoms with Crippen molar-refractivity contribution >= 4 is 22.0 Å². The van der Waals surface area contributed by atoms with Gasteiger partial charge in [-0.3, -0.25) is 0 Å². The number of benzene rings is 1. The molecule has 0 spiro atoms. The third kappa shape index (κ3) is 2.76. The monoisotopic (exact) mass is 212 g/mol. The molecule has 0 saturated carbocycles. The fourth-order valence-electron chi connectivity index (χ4n) is 0.809. The van der Waals surface area contributed by atoms with E-state index in [0.29, 0.717) is 5.75 Å². The number of aromatic hydroxyl groups is 1. The van der Waals surface area contributed by atoms with Crippen LogP contribution in [0.4, 0.5) is 0 Å². The van der Waals surface area contributed by atoms with Crippen LogP contribution in [0.15, 0.2) is 30.3 Å². The van der Waals surface area contributed by atoms with Crippen LogP contribution in [-0.2, 0) is 0 Å². The summed E-state index contributed by atoms with van der Waals surface area (Å²) in [7, 11) is 0. The first-order valence-electron chi connectivity index (χ1n) is 3.34. The summed E-state index contributed by atoms with van der Waals surface area (Å²) >= 11 is 3.28. The number of hydrogen-bond acceptors (Lipinski definition) is 1. The molecule has 1 N–H and O–H groups in total. The third-order valence-corrected chi connectivity index (χ3v) is 1.64. The second kappa shape index (κ2) is 4.19. The average molecular weight is 213 g/mol. The van der Waals surface area contributed by atoms with Gasteiger partial charge < -0.3 is 5.11 Å². The van der Waals surface area contributed by atoms with Crippen LogP contribution in [0.25, 0.3) is 6.08 Å². The van der Waals surface area contributed by atoms with Crippen LogP contribution in [0, 0.1) is 0 Å².